The molecular formula is C8H9N3S. The minimum Gasteiger partial charge on any atom is -0.296 e. The summed E-state index contributed by atoms with van der Waals surface area (Å²) in [5.74, 6) is 0. The molecule has 2 rings (SSSR count). The van der Waals surface area contributed by atoms with Gasteiger partial charge in [0.25, 0.3) is 0 Å². The third-order valence-corrected chi connectivity index (χ3v) is 2.55. The zero-order valence-corrected chi connectivity index (χ0v) is 7.51. The molecule has 3 nitrogen and oxygen atoms in total. The van der Waals surface area contributed by atoms with Crippen LogP contribution in [0.4, 0.5) is 0 Å². The topological polar surface area (TPSA) is 37.3 Å². The summed E-state index contributed by atoms with van der Waals surface area (Å²) in [6.07, 6.45) is 3.59. The van der Waals surface area contributed by atoms with E-state index in [2.05, 4.69) is 22.4 Å². The number of thioether (sulfide) groups is 1. The normalized spacial score (nSPS) is 21.8. The Hall–Kier alpha value is -1.03. The number of aromatic nitrogens is 1. The number of nitrogens with zero attached hydrogens (tertiary/aromatic N) is 2. The van der Waals surface area contributed by atoms with E-state index in [-0.39, 0.29) is 0 Å². The zero-order chi connectivity index (χ0) is 8.39. The van der Waals surface area contributed by atoms with Crippen molar-refractivity contribution in [2.75, 3.05) is 0 Å². The third kappa shape index (κ3) is 1.43. The van der Waals surface area contributed by atoms with Crippen LogP contribution < -0.4 is 5.43 Å². The lowest BCUT2D eigenvalue weighted by atomic mass is 10.3. The first kappa shape index (κ1) is 7.61. The van der Waals surface area contributed by atoms with Gasteiger partial charge in [0.05, 0.1) is 5.37 Å². The van der Waals surface area contributed by atoms with Crippen LogP contribution in [0.1, 0.15) is 12.5 Å². The number of nitrogens with one attached hydrogen (secondary N) is 1. The molecule has 0 aliphatic carbocycles. The van der Waals surface area contributed by atoms with Gasteiger partial charge in [-0.25, -0.2) is 0 Å². The second kappa shape index (κ2) is 3.15. The van der Waals surface area contributed by atoms with Gasteiger partial charge < -0.3 is 0 Å². The van der Waals surface area contributed by atoms with Gasteiger partial charge >= 0.3 is 0 Å². The summed E-state index contributed by atoms with van der Waals surface area (Å²) in [5, 5.41) is 5.58. The molecule has 0 saturated heterocycles. The summed E-state index contributed by atoms with van der Waals surface area (Å²) < 4.78 is 0. The van der Waals surface area contributed by atoms with E-state index in [1.807, 2.05) is 18.3 Å². The molecule has 1 N–H and O–H groups in total. The Balaban J connectivity index is 2.22. The fourth-order valence-corrected chi connectivity index (χ4v) is 1.79. The van der Waals surface area contributed by atoms with Crippen molar-refractivity contribution in [2.45, 2.75) is 12.3 Å². The van der Waals surface area contributed by atoms with Crippen molar-refractivity contribution >= 4 is 16.8 Å². The van der Waals surface area contributed by atoms with Crippen LogP contribution in [0.25, 0.3) is 0 Å². The van der Waals surface area contributed by atoms with Crippen molar-refractivity contribution in [2.24, 2.45) is 5.10 Å². The molecular weight excluding hydrogens is 170 g/mol. The molecule has 2 heterocycles. The maximum Gasteiger partial charge on any atom is 0.127 e. The van der Waals surface area contributed by atoms with E-state index in [0.29, 0.717) is 5.37 Å². The first-order valence-electron chi connectivity index (χ1n) is 3.76. The van der Waals surface area contributed by atoms with Gasteiger partial charge in [-0.2, -0.15) is 5.10 Å². The van der Waals surface area contributed by atoms with Gasteiger partial charge in [0, 0.05) is 18.0 Å². The van der Waals surface area contributed by atoms with Gasteiger partial charge in [-0.15, -0.1) is 0 Å². The number of hydrazone groups is 1. The average Bonchev–Trinajstić information content (AvgIpc) is 2.54. The standard InChI is InChI=1S/C8H9N3S/c1-6-10-11-8(12-6)7-3-2-4-9-5-7/h2-6,10H,1H3. The van der Waals surface area contributed by atoms with Crippen LogP contribution in [0.15, 0.2) is 29.6 Å². The Kier molecular flexibility index (Phi) is 1.99. The van der Waals surface area contributed by atoms with Gasteiger partial charge in [0.1, 0.15) is 5.04 Å². The summed E-state index contributed by atoms with van der Waals surface area (Å²) in [5.41, 5.74) is 4.07. The highest BCUT2D eigenvalue weighted by Crippen LogP contribution is 2.20. The Morgan fingerprint density at radius 1 is 1.58 bits per heavy atom. The highest BCUT2D eigenvalue weighted by atomic mass is 32.2. The summed E-state index contributed by atoms with van der Waals surface area (Å²) in [7, 11) is 0. The number of hydrogen-bond donors (Lipinski definition) is 1. The van der Waals surface area contributed by atoms with Crippen molar-refractivity contribution in [3.8, 4) is 0 Å². The van der Waals surface area contributed by atoms with Crippen LogP contribution in [0.5, 0.6) is 0 Å². The van der Waals surface area contributed by atoms with Gasteiger partial charge in [-0.3, -0.25) is 10.4 Å². The van der Waals surface area contributed by atoms with Crippen LogP contribution >= 0.6 is 11.8 Å². The molecule has 0 bridgehead atoms. The molecule has 4 heteroatoms. The lowest BCUT2D eigenvalue weighted by molar-refractivity contribution is 0.754. The zero-order valence-electron chi connectivity index (χ0n) is 6.69. The van der Waals surface area contributed by atoms with E-state index in [4.69, 9.17) is 0 Å². The first-order valence-corrected chi connectivity index (χ1v) is 4.64. The fraction of sp³-hybridized carbons (Fsp3) is 0.250. The molecule has 1 aliphatic heterocycles. The second-order valence-electron chi connectivity index (χ2n) is 2.55. The largest absolute Gasteiger partial charge is 0.296 e. The molecule has 1 aliphatic rings. The Labute approximate surface area is 75.3 Å². The SMILES string of the molecule is CC1NN=C(c2cccnc2)S1. The van der Waals surface area contributed by atoms with Crippen LogP contribution in [-0.4, -0.2) is 15.4 Å². The molecule has 1 aromatic rings. The molecule has 0 radical (unpaired) electrons. The van der Waals surface area contributed by atoms with Gasteiger partial charge in [0.15, 0.2) is 0 Å². The van der Waals surface area contributed by atoms with E-state index < -0.39 is 0 Å². The monoisotopic (exact) mass is 179 g/mol. The molecule has 1 aromatic heterocycles. The summed E-state index contributed by atoms with van der Waals surface area (Å²) >= 11 is 1.72. The lowest BCUT2D eigenvalue weighted by Crippen LogP contribution is -2.09. The molecule has 62 valence electrons. The molecule has 0 spiro atoms. The highest BCUT2D eigenvalue weighted by molar-refractivity contribution is 8.15. The Morgan fingerprint density at radius 2 is 2.50 bits per heavy atom. The van der Waals surface area contributed by atoms with Crippen LogP contribution in [0.3, 0.4) is 0 Å². The molecule has 0 aromatic carbocycles. The molecule has 0 amide bonds. The molecule has 0 fully saturated rings. The summed E-state index contributed by atoms with van der Waals surface area (Å²) in [6.45, 7) is 2.08. The van der Waals surface area contributed by atoms with Gasteiger partial charge in [-0.1, -0.05) is 11.8 Å². The number of pyridine rings is 1. The second-order valence-corrected chi connectivity index (χ2v) is 3.88. The predicted octanol–water partition coefficient (Wildman–Crippen LogP) is 1.43. The molecule has 1 atom stereocenters. The molecule has 1 unspecified atom stereocenters. The Morgan fingerprint density at radius 3 is 3.08 bits per heavy atom. The maximum absolute atomic E-state index is 4.18. The summed E-state index contributed by atoms with van der Waals surface area (Å²) in [4.78, 5) is 4.03. The van der Waals surface area contributed by atoms with E-state index in [0.717, 1.165) is 10.6 Å². The molecule has 0 saturated carbocycles. The summed E-state index contributed by atoms with van der Waals surface area (Å²) in [6, 6.07) is 3.93. The number of rotatable bonds is 1. The molecule has 12 heavy (non-hydrogen) atoms. The van der Waals surface area contributed by atoms with Crippen LogP contribution in [0, 0.1) is 0 Å². The van der Waals surface area contributed by atoms with E-state index in [9.17, 15) is 0 Å². The fourth-order valence-electron chi connectivity index (χ4n) is 0.992. The van der Waals surface area contributed by atoms with Crippen LogP contribution in [0.2, 0.25) is 0 Å². The predicted molar refractivity (Wildman–Crippen MR) is 51.0 cm³/mol. The van der Waals surface area contributed by atoms with E-state index >= 15 is 0 Å². The van der Waals surface area contributed by atoms with Crippen LogP contribution in [-0.2, 0) is 0 Å². The van der Waals surface area contributed by atoms with E-state index in [1.165, 1.54) is 0 Å². The van der Waals surface area contributed by atoms with Crippen molar-refractivity contribution in [1.82, 2.24) is 10.4 Å². The lowest BCUT2D eigenvalue weighted by Gasteiger charge is -1.98. The number of hydrogen-bond acceptors (Lipinski definition) is 4. The third-order valence-electron chi connectivity index (χ3n) is 1.54. The highest BCUT2D eigenvalue weighted by Gasteiger charge is 2.15. The van der Waals surface area contributed by atoms with Crippen molar-refractivity contribution < 1.29 is 0 Å². The minimum absolute atomic E-state index is 0.375. The van der Waals surface area contributed by atoms with Gasteiger partial charge in [-0.05, 0) is 19.1 Å². The van der Waals surface area contributed by atoms with E-state index in [1.54, 1.807) is 18.0 Å². The average molecular weight is 179 g/mol. The first-order chi connectivity index (χ1) is 5.86. The maximum atomic E-state index is 4.18. The quantitative estimate of drug-likeness (QED) is 0.708. The Bertz CT molecular complexity index is 296. The van der Waals surface area contributed by atoms with Crippen molar-refractivity contribution in [3.63, 3.8) is 0 Å². The van der Waals surface area contributed by atoms with Gasteiger partial charge in [0.2, 0.25) is 0 Å². The van der Waals surface area contributed by atoms with Crippen molar-refractivity contribution in [1.29, 1.82) is 0 Å². The van der Waals surface area contributed by atoms with Crippen molar-refractivity contribution in [3.05, 3.63) is 30.1 Å². The smallest absolute Gasteiger partial charge is 0.127 e. The minimum atomic E-state index is 0.375.